The highest BCUT2D eigenvalue weighted by atomic mass is 32.2. The molecule has 0 amide bonds. The molecule has 0 unspecified atom stereocenters. The van der Waals surface area contributed by atoms with Gasteiger partial charge in [0.1, 0.15) is 5.52 Å². The highest BCUT2D eigenvalue weighted by Gasteiger charge is 2.21. The fourth-order valence-corrected chi connectivity index (χ4v) is 3.45. The predicted molar refractivity (Wildman–Crippen MR) is 79.5 cm³/mol. The lowest BCUT2D eigenvalue weighted by Gasteiger charge is -2.05. The summed E-state index contributed by atoms with van der Waals surface area (Å²) in [5, 5.41) is 4.97. The first-order valence-corrected chi connectivity index (χ1v) is 7.57. The summed E-state index contributed by atoms with van der Waals surface area (Å²) in [5.74, 6) is 0. The number of hydrogen-bond donors (Lipinski definition) is 0. The number of benzene rings is 1. The van der Waals surface area contributed by atoms with Gasteiger partial charge in [0.25, 0.3) is 10.0 Å². The summed E-state index contributed by atoms with van der Waals surface area (Å²) in [6, 6.07) is 10.1. The molecule has 0 bridgehead atoms. The topological polar surface area (TPSA) is 64.8 Å². The van der Waals surface area contributed by atoms with Crippen LogP contribution in [-0.2, 0) is 10.0 Å². The van der Waals surface area contributed by atoms with E-state index in [1.807, 2.05) is 13.9 Å². The zero-order chi connectivity index (χ0) is 14.3. The minimum absolute atomic E-state index is 0.213. The van der Waals surface area contributed by atoms with E-state index < -0.39 is 10.0 Å². The third-order valence-corrected chi connectivity index (χ3v) is 4.73. The summed E-state index contributed by atoms with van der Waals surface area (Å²) >= 11 is 0. The zero-order valence-electron chi connectivity index (χ0n) is 11.1. The smallest absolute Gasteiger partial charge is 0.270 e. The molecule has 100 valence electrons. The van der Waals surface area contributed by atoms with E-state index in [1.165, 1.54) is 0 Å². The van der Waals surface area contributed by atoms with Crippen molar-refractivity contribution in [3.8, 4) is 0 Å². The molecule has 7 heteroatoms. The lowest BCUT2D eigenvalue weighted by atomic mass is 10.0. The number of aromatic nitrogens is 3. The largest absolute Gasteiger partial charge is 0.283 e. The molecule has 0 atom stereocenters. The number of fused-ring (bicyclic) bond motifs is 1. The van der Waals surface area contributed by atoms with Gasteiger partial charge in [0.15, 0.2) is 7.85 Å². The monoisotopic (exact) mass is 285 g/mol. The molecule has 2 heterocycles. The van der Waals surface area contributed by atoms with Crippen LogP contribution in [0.3, 0.4) is 0 Å². The molecule has 0 aliphatic rings. The molecule has 0 aliphatic heterocycles. The third kappa shape index (κ3) is 1.91. The van der Waals surface area contributed by atoms with E-state index in [0.717, 1.165) is 15.1 Å². The van der Waals surface area contributed by atoms with Gasteiger partial charge in [-0.2, -0.15) is 17.6 Å². The molecule has 3 aromatic rings. The van der Waals surface area contributed by atoms with E-state index in [2.05, 4.69) is 10.1 Å². The number of nitrogens with zero attached hydrogens (tertiary/aromatic N) is 3. The van der Waals surface area contributed by atoms with Gasteiger partial charge >= 0.3 is 0 Å². The van der Waals surface area contributed by atoms with Gasteiger partial charge in [0.2, 0.25) is 0 Å². The minimum atomic E-state index is -3.69. The summed E-state index contributed by atoms with van der Waals surface area (Å²) in [5.41, 5.74) is 2.00. The van der Waals surface area contributed by atoms with Crippen molar-refractivity contribution in [2.24, 2.45) is 0 Å². The van der Waals surface area contributed by atoms with Crippen LogP contribution >= 0.6 is 0 Å². The van der Waals surface area contributed by atoms with Gasteiger partial charge in [0, 0.05) is 5.39 Å². The number of pyridine rings is 1. The van der Waals surface area contributed by atoms with Gasteiger partial charge in [-0.25, -0.2) is 0 Å². The van der Waals surface area contributed by atoms with Crippen LogP contribution in [0.2, 0.25) is 0 Å². The van der Waals surface area contributed by atoms with E-state index in [9.17, 15) is 8.42 Å². The second-order valence-electron chi connectivity index (χ2n) is 4.59. The molecule has 0 radical (unpaired) electrons. The van der Waals surface area contributed by atoms with Crippen LogP contribution in [0.4, 0.5) is 0 Å². The molecule has 3 rings (SSSR count). The molecule has 0 saturated heterocycles. The highest BCUT2D eigenvalue weighted by Crippen LogP contribution is 2.21. The van der Waals surface area contributed by atoms with Crippen LogP contribution in [0.15, 0.2) is 47.5 Å². The maximum Gasteiger partial charge on any atom is 0.283 e. The summed E-state index contributed by atoms with van der Waals surface area (Å²) in [6.45, 7) is 1.79. The van der Waals surface area contributed by atoms with Crippen molar-refractivity contribution in [2.45, 2.75) is 11.8 Å². The molecule has 20 heavy (non-hydrogen) atoms. The average molecular weight is 285 g/mol. The zero-order valence-corrected chi connectivity index (χ0v) is 11.9. The Hall–Kier alpha value is -2.15. The molecule has 1 aromatic carbocycles. The van der Waals surface area contributed by atoms with Crippen LogP contribution in [0.1, 0.15) is 5.69 Å². The van der Waals surface area contributed by atoms with Crippen molar-refractivity contribution in [2.75, 3.05) is 0 Å². The van der Waals surface area contributed by atoms with Crippen molar-refractivity contribution < 1.29 is 8.42 Å². The average Bonchev–Trinajstić information content (AvgIpc) is 2.77. The van der Waals surface area contributed by atoms with Crippen molar-refractivity contribution in [1.82, 2.24) is 14.2 Å². The molecule has 0 spiro atoms. The predicted octanol–water partition coefficient (Wildman–Crippen LogP) is 0.235. The maximum absolute atomic E-state index is 12.6. The second kappa shape index (κ2) is 4.45. The van der Waals surface area contributed by atoms with Gasteiger partial charge in [0.05, 0.1) is 16.8 Å². The molecule has 2 aromatic heterocycles. The van der Waals surface area contributed by atoms with Crippen LogP contribution in [0.5, 0.6) is 0 Å². The maximum atomic E-state index is 12.6. The molecule has 0 aliphatic carbocycles. The molecular formula is C13H12BN3O2S. The van der Waals surface area contributed by atoms with Gasteiger partial charge in [-0.15, -0.1) is 0 Å². The molecule has 5 nitrogen and oxygen atoms in total. The lowest BCUT2D eigenvalue weighted by Crippen LogP contribution is -2.15. The van der Waals surface area contributed by atoms with E-state index in [4.69, 9.17) is 0 Å². The highest BCUT2D eigenvalue weighted by molar-refractivity contribution is 7.90. The normalized spacial score (nSPS) is 11.8. The SMILES string of the molecule is Bc1cc2c(C)nn(S(=O)(=O)c3ccccc3)c2cn1. The summed E-state index contributed by atoms with van der Waals surface area (Å²) in [4.78, 5) is 4.38. The van der Waals surface area contributed by atoms with E-state index in [1.54, 1.807) is 43.5 Å². The number of hydrogen-bond acceptors (Lipinski definition) is 4. The minimum Gasteiger partial charge on any atom is -0.270 e. The summed E-state index contributed by atoms with van der Waals surface area (Å²) in [7, 11) is -1.83. The molecule has 0 N–H and O–H groups in total. The van der Waals surface area contributed by atoms with Gasteiger partial charge in [-0.05, 0) is 30.7 Å². The molecular weight excluding hydrogens is 273 g/mol. The van der Waals surface area contributed by atoms with Crippen LogP contribution in [-0.4, -0.2) is 30.4 Å². The van der Waals surface area contributed by atoms with Gasteiger partial charge in [-0.1, -0.05) is 18.2 Å². The van der Waals surface area contributed by atoms with Crippen molar-refractivity contribution in [1.29, 1.82) is 0 Å². The Morgan fingerprint density at radius 1 is 1.20 bits per heavy atom. The fourth-order valence-electron chi connectivity index (χ4n) is 2.11. The Kier molecular flexibility index (Phi) is 2.86. The van der Waals surface area contributed by atoms with E-state index >= 15 is 0 Å². The summed E-state index contributed by atoms with van der Waals surface area (Å²) < 4.78 is 26.3. The Morgan fingerprint density at radius 3 is 2.60 bits per heavy atom. The van der Waals surface area contributed by atoms with E-state index in [-0.39, 0.29) is 4.90 Å². The summed E-state index contributed by atoms with van der Waals surface area (Å²) in [6.07, 6.45) is 1.55. The van der Waals surface area contributed by atoms with Crippen LogP contribution < -0.4 is 5.59 Å². The first-order valence-electron chi connectivity index (χ1n) is 6.13. The lowest BCUT2D eigenvalue weighted by molar-refractivity contribution is 0.582. The first kappa shape index (κ1) is 12.9. The molecule has 0 saturated carbocycles. The van der Waals surface area contributed by atoms with Gasteiger partial charge < -0.3 is 0 Å². The number of aryl methyl sites for hydroxylation is 1. The number of rotatable bonds is 2. The standard InChI is InChI=1S/C13H12BN3O2S/c1-9-11-7-13(14)15-8-12(11)17(16-9)20(18,19)10-5-3-2-4-6-10/h2-8H,14H2,1H3. The quantitative estimate of drug-likeness (QED) is 0.632. The van der Waals surface area contributed by atoms with Gasteiger partial charge in [-0.3, -0.25) is 4.98 Å². The van der Waals surface area contributed by atoms with Crippen LogP contribution in [0, 0.1) is 6.92 Å². The second-order valence-corrected chi connectivity index (χ2v) is 6.36. The Morgan fingerprint density at radius 2 is 1.90 bits per heavy atom. The fraction of sp³-hybridized carbons (Fsp3) is 0.0769. The Labute approximate surface area is 117 Å². The van der Waals surface area contributed by atoms with Crippen molar-refractivity contribution in [3.63, 3.8) is 0 Å². The Bertz CT molecular complexity index is 889. The van der Waals surface area contributed by atoms with Crippen molar-refractivity contribution in [3.05, 3.63) is 48.3 Å². The Balaban J connectivity index is 2.31. The van der Waals surface area contributed by atoms with E-state index in [0.29, 0.717) is 11.2 Å². The molecule has 0 fully saturated rings. The first-order chi connectivity index (χ1) is 9.50. The van der Waals surface area contributed by atoms with Crippen molar-refractivity contribution >= 4 is 34.4 Å². The third-order valence-electron chi connectivity index (χ3n) is 3.13. The van der Waals surface area contributed by atoms with Crippen LogP contribution in [0.25, 0.3) is 10.9 Å².